The van der Waals surface area contributed by atoms with Crippen molar-refractivity contribution in [2.24, 2.45) is 0 Å². The molecule has 0 aliphatic heterocycles. The maximum Gasteiger partial charge on any atom is 0.0473 e. The predicted octanol–water partition coefficient (Wildman–Crippen LogP) is 4.66. The SMILES string of the molecule is Brc1cccc2[nH]c(-c3ccsc3)cc12. The second-order valence-corrected chi connectivity index (χ2v) is 5.03. The zero-order chi connectivity index (χ0) is 10.3. The molecule has 0 aliphatic carbocycles. The van der Waals surface area contributed by atoms with Crippen molar-refractivity contribution in [2.45, 2.75) is 0 Å². The van der Waals surface area contributed by atoms with E-state index in [9.17, 15) is 0 Å². The summed E-state index contributed by atoms with van der Waals surface area (Å²) in [6, 6.07) is 10.5. The van der Waals surface area contributed by atoms with Crippen LogP contribution in [0.2, 0.25) is 0 Å². The summed E-state index contributed by atoms with van der Waals surface area (Å²) in [6.45, 7) is 0. The number of fused-ring (bicyclic) bond motifs is 1. The van der Waals surface area contributed by atoms with Gasteiger partial charge in [0.25, 0.3) is 0 Å². The van der Waals surface area contributed by atoms with Gasteiger partial charge in [0.05, 0.1) is 0 Å². The van der Waals surface area contributed by atoms with Crippen molar-refractivity contribution < 1.29 is 0 Å². The van der Waals surface area contributed by atoms with E-state index in [2.05, 4.69) is 55.9 Å². The van der Waals surface area contributed by atoms with Crippen LogP contribution in [0.4, 0.5) is 0 Å². The average molecular weight is 278 g/mol. The van der Waals surface area contributed by atoms with E-state index in [-0.39, 0.29) is 0 Å². The molecule has 1 aromatic carbocycles. The van der Waals surface area contributed by atoms with Crippen LogP contribution in [0.5, 0.6) is 0 Å². The number of rotatable bonds is 1. The fourth-order valence-electron chi connectivity index (χ4n) is 1.69. The van der Waals surface area contributed by atoms with Gasteiger partial charge in [0.2, 0.25) is 0 Å². The van der Waals surface area contributed by atoms with E-state index >= 15 is 0 Å². The summed E-state index contributed by atoms with van der Waals surface area (Å²) in [7, 11) is 0. The Morgan fingerprint density at radius 1 is 1.20 bits per heavy atom. The fraction of sp³-hybridized carbons (Fsp3) is 0. The minimum Gasteiger partial charge on any atom is -0.354 e. The maximum absolute atomic E-state index is 3.56. The molecule has 1 nitrogen and oxygen atoms in total. The van der Waals surface area contributed by atoms with Gasteiger partial charge in [-0.2, -0.15) is 11.3 Å². The molecule has 0 aliphatic rings. The molecule has 3 rings (SSSR count). The summed E-state index contributed by atoms with van der Waals surface area (Å²) in [5, 5.41) is 5.48. The van der Waals surface area contributed by atoms with Crippen LogP contribution in [0.3, 0.4) is 0 Å². The summed E-state index contributed by atoms with van der Waals surface area (Å²) in [5.74, 6) is 0. The molecular weight excluding hydrogens is 270 g/mol. The third-order valence-corrected chi connectivity index (χ3v) is 3.82. The number of aromatic nitrogens is 1. The molecule has 2 heterocycles. The van der Waals surface area contributed by atoms with E-state index in [1.807, 2.05) is 6.07 Å². The molecular formula is C12H8BrNS. The van der Waals surface area contributed by atoms with Gasteiger partial charge in [-0.15, -0.1) is 0 Å². The highest BCUT2D eigenvalue weighted by atomic mass is 79.9. The molecule has 15 heavy (non-hydrogen) atoms. The summed E-state index contributed by atoms with van der Waals surface area (Å²) >= 11 is 5.27. The zero-order valence-electron chi connectivity index (χ0n) is 7.83. The third kappa shape index (κ3) is 1.52. The average Bonchev–Trinajstić information content (AvgIpc) is 2.86. The first-order valence-corrected chi connectivity index (χ1v) is 6.38. The second-order valence-electron chi connectivity index (χ2n) is 3.40. The summed E-state index contributed by atoms with van der Waals surface area (Å²) in [4.78, 5) is 3.42. The van der Waals surface area contributed by atoms with Crippen LogP contribution in [0.1, 0.15) is 0 Å². The Labute approximate surface area is 99.9 Å². The van der Waals surface area contributed by atoms with Gasteiger partial charge in [0.1, 0.15) is 0 Å². The standard InChI is InChI=1S/C12H8BrNS/c13-10-2-1-3-11-9(10)6-12(14-11)8-4-5-15-7-8/h1-7,14H. The van der Waals surface area contributed by atoms with Crippen molar-refractivity contribution in [3.8, 4) is 11.3 Å². The quantitative estimate of drug-likeness (QED) is 0.666. The number of aromatic amines is 1. The number of benzene rings is 1. The molecule has 1 N–H and O–H groups in total. The smallest absolute Gasteiger partial charge is 0.0473 e. The first-order chi connectivity index (χ1) is 7.34. The normalized spacial score (nSPS) is 11.0. The first-order valence-electron chi connectivity index (χ1n) is 4.64. The second kappa shape index (κ2) is 3.51. The molecule has 0 saturated carbocycles. The van der Waals surface area contributed by atoms with Crippen LogP contribution in [0.15, 0.2) is 45.6 Å². The Balaban J connectivity index is 2.27. The van der Waals surface area contributed by atoms with Crippen molar-refractivity contribution in [3.05, 3.63) is 45.6 Å². The number of nitrogens with one attached hydrogen (secondary N) is 1. The van der Waals surface area contributed by atoms with Gasteiger partial charge in [0.15, 0.2) is 0 Å². The minimum atomic E-state index is 1.14. The van der Waals surface area contributed by atoms with E-state index in [0.717, 1.165) is 4.47 Å². The summed E-state index contributed by atoms with van der Waals surface area (Å²) in [5.41, 5.74) is 3.60. The van der Waals surface area contributed by atoms with Gasteiger partial charge in [-0.3, -0.25) is 0 Å². The Hall–Kier alpha value is -1.06. The van der Waals surface area contributed by atoms with Crippen molar-refractivity contribution in [3.63, 3.8) is 0 Å². The van der Waals surface area contributed by atoms with Gasteiger partial charge < -0.3 is 4.98 Å². The Bertz CT molecular complexity index is 595. The Morgan fingerprint density at radius 2 is 2.13 bits per heavy atom. The molecule has 74 valence electrons. The molecule has 3 aromatic rings. The fourth-order valence-corrected chi connectivity index (χ4v) is 2.83. The molecule has 0 spiro atoms. The molecule has 0 radical (unpaired) electrons. The van der Waals surface area contributed by atoms with Crippen LogP contribution >= 0.6 is 27.3 Å². The lowest BCUT2D eigenvalue weighted by atomic mass is 10.2. The Kier molecular flexibility index (Phi) is 2.15. The van der Waals surface area contributed by atoms with E-state index in [0.29, 0.717) is 0 Å². The van der Waals surface area contributed by atoms with Gasteiger partial charge in [-0.05, 0) is 29.6 Å². The molecule has 0 fully saturated rings. The number of hydrogen-bond donors (Lipinski definition) is 1. The van der Waals surface area contributed by atoms with E-state index in [4.69, 9.17) is 0 Å². The largest absolute Gasteiger partial charge is 0.354 e. The lowest BCUT2D eigenvalue weighted by Crippen LogP contribution is -1.70. The van der Waals surface area contributed by atoms with Crippen LogP contribution in [0.25, 0.3) is 22.2 Å². The number of thiophene rings is 1. The van der Waals surface area contributed by atoms with Gasteiger partial charge in [0, 0.05) is 32.0 Å². The number of H-pyrrole nitrogens is 1. The van der Waals surface area contributed by atoms with Crippen molar-refractivity contribution >= 4 is 38.2 Å². The monoisotopic (exact) mass is 277 g/mol. The summed E-state index contributed by atoms with van der Waals surface area (Å²) < 4.78 is 1.14. The lowest BCUT2D eigenvalue weighted by Gasteiger charge is -1.90. The molecule has 0 bridgehead atoms. The van der Waals surface area contributed by atoms with Crippen molar-refractivity contribution in [1.82, 2.24) is 4.98 Å². The highest BCUT2D eigenvalue weighted by molar-refractivity contribution is 9.10. The molecule has 2 aromatic heterocycles. The van der Waals surface area contributed by atoms with E-state index in [1.54, 1.807) is 11.3 Å². The van der Waals surface area contributed by atoms with E-state index < -0.39 is 0 Å². The minimum absolute atomic E-state index is 1.14. The highest BCUT2D eigenvalue weighted by Gasteiger charge is 2.05. The number of hydrogen-bond acceptors (Lipinski definition) is 1. The van der Waals surface area contributed by atoms with Crippen LogP contribution < -0.4 is 0 Å². The summed E-state index contributed by atoms with van der Waals surface area (Å²) in [6.07, 6.45) is 0. The topological polar surface area (TPSA) is 15.8 Å². The van der Waals surface area contributed by atoms with Gasteiger partial charge in [-0.25, -0.2) is 0 Å². The predicted molar refractivity (Wildman–Crippen MR) is 69.3 cm³/mol. The van der Waals surface area contributed by atoms with Crippen LogP contribution in [0, 0.1) is 0 Å². The molecule has 3 heteroatoms. The third-order valence-electron chi connectivity index (χ3n) is 2.44. The van der Waals surface area contributed by atoms with Gasteiger partial charge in [-0.1, -0.05) is 22.0 Å². The molecule has 0 unspecified atom stereocenters. The van der Waals surface area contributed by atoms with E-state index in [1.165, 1.54) is 22.2 Å². The van der Waals surface area contributed by atoms with Gasteiger partial charge >= 0.3 is 0 Å². The van der Waals surface area contributed by atoms with Crippen LogP contribution in [-0.2, 0) is 0 Å². The molecule has 0 atom stereocenters. The molecule has 0 saturated heterocycles. The van der Waals surface area contributed by atoms with Crippen molar-refractivity contribution in [1.29, 1.82) is 0 Å². The molecule has 0 amide bonds. The first kappa shape index (κ1) is 9.19. The Morgan fingerprint density at radius 3 is 2.87 bits per heavy atom. The highest BCUT2D eigenvalue weighted by Crippen LogP contribution is 2.29. The number of halogens is 1. The maximum atomic E-state index is 3.56. The zero-order valence-corrected chi connectivity index (χ0v) is 10.2. The van der Waals surface area contributed by atoms with Crippen molar-refractivity contribution in [2.75, 3.05) is 0 Å². The lowest BCUT2D eigenvalue weighted by molar-refractivity contribution is 1.47. The van der Waals surface area contributed by atoms with Crippen LogP contribution in [-0.4, -0.2) is 4.98 Å².